The normalized spacial score (nSPS) is 18.1. The van der Waals surface area contributed by atoms with E-state index in [1.54, 1.807) is 35.9 Å². The number of likely N-dealkylation sites (N-methyl/N-ethyl adjacent to an activating group) is 1. The van der Waals surface area contributed by atoms with Crippen LogP contribution >= 0.6 is 0 Å². The van der Waals surface area contributed by atoms with Gasteiger partial charge in [0.25, 0.3) is 0 Å². The van der Waals surface area contributed by atoms with Crippen molar-refractivity contribution in [3.05, 3.63) is 29.6 Å². The lowest BCUT2D eigenvalue weighted by Gasteiger charge is -2.33. The lowest BCUT2D eigenvalue weighted by molar-refractivity contribution is -0.129. The number of rotatable bonds is 2. The van der Waals surface area contributed by atoms with Gasteiger partial charge in [0, 0.05) is 20.1 Å². The van der Waals surface area contributed by atoms with Gasteiger partial charge in [-0.3, -0.25) is 4.79 Å². The van der Waals surface area contributed by atoms with Crippen molar-refractivity contribution in [2.24, 2.45) is 0 Å². The lowest BCUT2D eigenvalue weighted by atomic mass is 10.1. The van der Waals surface area contributed by atoms with Crippen molar-refractivity contribution in [2.45, 2.75) is 13.0 Å². The van der Waals surface area contributed by atoms with Gasteiger partial charge in [0.15, 0.2) is 0 Å². The number of anilines is 1. The highest BCUT2D eigenvalue weighted by Gasteiger charge is 2.23. The molecule has 4 nitrogen and oxygen atoms in total. The minimum atomic E-state index is -0.692. The summed E-state index contributed by atoms with van der Waals surface area (Å²) in [5, 5.41) is 9.39. The van der Waals surface area contributed by atoms with Gasteiger partial charge in [-0.15, -0.1) is 0 Å². The number of amides is 1. The van der Waals surface area contributed by atoms with Gasteiger partial charge in [-0.05, 0) is 24.6 Å². The Bertz CT molecular complexity index is 462. The maximum Gasteiger partial charge on any atom is 0.241 e. The Morgan fingerprint density at radius 1 is 1.39 bits per heavy atom. The van der Waals surface area contributed by atoms with Gasteiger partial charge in [0.2, 0.25) is 5.91 Å². The summed E-state index contributed by atoms with van der Waals surface area (Å²) in [6.45, 7) is 3.00. The predicted octanol–water partition coefficient (Wildman–Crippen LogP) is 1.16. The molecule has 5 heteroatoms. The summed E-state index contributed by atoms with van der Waals surface area (Å²) in [6, 6.07) is 4.63. The highest BCUT2D eigenvalue weighted by molar-refractivity contribution is 5.82. The molecule has 0 unspecified atom stereocenters. The third kappa shape index (κ3) is 2.46. The molecule has 2 rings (SSSR count). The molecule has 1 aliphatic rings. The molecule has 1 saturated heterocycles. The van der Waals surface area contributed by atoms with E-state index in [-0.39, 0.29) is 12.5 Å². The predicted molar refractivity (Wildman–Crippen MR) is 66.9 cm³/mol. The third-order valence-electron chi connectivity index (χ3n) is 3.25. The second kappa shape index (κ2) is 4.94. The Balaban J connectivity index is 2.21. The van der Waals surface area contributed by atoms with E-state index >= 15 is 0 Å². The zero-order chi connectivity index (χ0) is 13.3. The highest BCUT2D eigenvalue weighted by Crippen LogP contribution is 2.24. The number of benzene rings is 1. The molecule has 18 heavy (non-hydrogen) atoms. The van der Waals surface area contributed by atoms with E-state index in [1.807, 2.05) is 0 Å². The van der Waals surface area contributed by atoms with Gasteiger partial charge in [0.05, 0.1) is 18.3 Å². The first-order chi connectivity index (χ1) is 8.49. The molecule has 0 aromatic heterocycles. The maximum absolute atomic E-state index is 13.9. The number of carbonyl (C=O) groups is 1. The van der Waals surface area contributed by atoms with Crippen molar-refractivity contribution in [3.8, 4) is 0 Å². The Labute approximate surface area is 106 Å². The number of carbonyl (C=O) groups excluding carboxylic acids is 1. The van der Waals surface area contributed by atoms with Gasteiger partial charge in [-0.1, -0.05) is 6.07 Å². The monoisotopic (exact) mass is 252 g/mol. The number of halogens is 1. The minimum Gasteiger partial charge on any atom is -0.389 e. The molecule has 1 heterocycles. The molecule has 1 amide bonds. The van der Waals surface area contributed by atoms with Gasteiger partial charge >= 0.3 is 0 Å². The molecule has 0 aliphatic carbocycles. The van der Waals surface area contributed by atoms with Crippen molar-refractivity contribution >= 4 is 11.6 Å². The van der Waals surface area contributed by atoms with Crippen molar-refractivity contribution in [3.63, 3.8) is 0 Å². The quantitative estimate of drug-likeness (QED) is 0.859. The molecular formula is C13H17FN2O2. The highest BCUT2D eigenvalue weighted by atomic mass is 19.1. The Morgan fingerprint density at radius 3 is 2.67 bits per heavy atom. The Kier molecular flexibility index (Phi) is 3.52. The summed E-state index contributed by atoms with van der Waals surface area (Å²) >= 11 is 0. The summed E-state index contributed by atoms with van der Waals surface area (Å²) in [5.74, 6) is -0.411. The molecule has 0 saturated carbocycles. The molecule has 98 valence electrons. The number of aliphatic hydroxyl groups excluding tert-OH is 1. The summed E-state index contributed by atoms with van der Waals surface area (Å²) in [4.78, 5) is 14.9. The fourth-order valence-electron chi connectivity index (χ4n) is 2.00. The van der Waals surface area contributed by atoms with Crippen LogP contribution in [0, 0.1) is 5.82 Å². The average Bonchev–Trinajstić information content (AvgIpc) is 2.32. The Morgan fingerprint density at radius 2 is 2.11 bits per heavy atom. The van der Waals surface area contributed by atoms with Crippen LogP contribution in [0.15, 0.2) is 18.2 Å². The van der Waals surface area contributed by atoms with Crippen LogP contribution in [0.1, 0.15) is 18.6 Å². The summed E-state index contributed by atoms with van der Waals surface area (Å²) in [5.41, 5.74) is 0.956. The molecule has 1 aliphatic heterocycles. The van der Waals surface area contributed by atoms with E-state index in [0.717, 1.165) is 0 Å². The van der Waals surface area contributed by atoms with Crippen molar-refractivity contribution in [2.75, 3.05) is 31.6 Å². The van der Waals surface area contributed by atoms with Gasteiger partial charge in [-0.2, -0.15) is 0 Å². The summed E-state index contributed by atoms with van der Waals surface area (Å²) < 4.78 is 13.9. The molecule has 0 bridgehead atoms. The van der Waals surface area contributed by atoms with Crippen LogP contribution < -0.4 is 4.90 Å². The largest absolute Gasteiger partial charge is 0.389 e. The second-order valence-corrected chi connectivity index (χ2v) is 4.62. The first-order valence-electron chi connectivity index (χ1n) is 5.95. The number of nitrogens with zero attached hydrogens (tertiary/aromatic N) is 2. The number of hydrogen-bond acceptors (Lipinski definition) is 3. The third-order valence-corrected chi connectivity index (χ3v) is 3.25. The number of hydrogen-bond donors (Lipinski definition) is 1. The van der Waals surface area contributed by atoms with E-state index in [4.69, 9.17) is 0 Å². The lowest BCUT2D eigenvalue weighted by Crippen LogP contribution is -2.48. The first kappa shape index (κ1) is 12.8. The van der Waals surface area contributed by atoms with E-state index in [2.05, 4.69) is 0 Å². The molecule has 0 radical (unpaired) electrons. The Hall–Kier alpha value is -1.62. The molecule has 1 fully saturated rings. The van der Waals surface area contributed by atoms with Crippen LogP contribution in [0.3, 0.4) is 0 Å². The zero-order valence-corrected chi connectivity index (χ0v) is 10.6. The molecule has 1 N–H and O–H groups in total. The summed E-state index contributed by atoms with van der Waals surface area (Å²) in [7, 11) is 1.74. The van der Waals surface area contributed by atoms with Crippen LogP contribution in [0.2, 0.25) is 0 Å². The smallest absolute Gasteiger partial charge is 0.241 e. The summed E-state index contributed by atoms with van der Waals surface area (Å²) in [6.07, 6.45) is -0.692. The van der Waals surface area contributed by atoms with Crippen LogP contribution in [0.4, 0.5) is 10.1 Å². The number of piperazine rings is 1. The molecular weight excluding hydrogens is 235 g/mol. The first-order valence-corrected chi connectivity index (χ1v) is 5.95. The van der Waals surface area contributed by atoms with E-state index in [9.17, 15) is 14.3 Å². The van der Waals surface area contributed by atoms with Crippen LogP contribution in [0.5, 0.6) is 0 Å². The minimum absolute atomic E-state index is 0.0137. The second-order valence-electron chi connectivity index (χ2n) is 4.62. The topological polar surface area (TPSA) is 43.8 Å². The maximum atomic E-state index is 13.9. The molecule has 1 aromatic carbocycles. The van der Waals surface area contributed by atoms with Crippen LogP contribution in [0.25, 0.3) is 0 Å². The van der Waals surface area contributed by atoms with Gasteiger partial charge in [0.1, 0.15) is 5.82 Å². The van der Waals surface area contributed by atoms with Crippen molar-refractivity contribution in [1.82, 2.24) is 4.90 Å². The SMILES string of the molecule is C[C@H](O)c1ccc(N2CCN(C)C(=O)C2)c(F)c1. The van der Waals surface area contributed by atoms with Gasteiger partial charge in [-0.25, -0.2) is 4.39 Å². The van der Waals surface area contributed by atoms with E-state index in [0.29, 0.717) is 24.3 Å². The van der Waals surface area contributed by atoms with E-state index < -0.39 is 11.9 Å². The molecule has 1 atom stereocenters. The zero-order valence-electron chi connectivity index (χ0n) is 10.6. The van der Waals surface area contributed by atoms with Crippen molar-refractivity contribution < 1.29 is 14.3 Å². The standard InChI is InChI=1S/C13H17FN2O2/c1-9(17)10-3-4-12(11(14)7-10)16-6-5-15(2)13(18)8-16/h3-4,7,9,17H,5-6,8H2,1-2H3/t9-/m0/s1. The van der Waals surface area contributed by atoms with Crippen LogP contribution in [-0.2, 0) is 4.79 Å². The number of aliphatic hydroxyl groups is 1. The average molecular weight is 252 g/mol. The van der Waals surface area contributed by atoms with Gasteiger partial charge < -0.3 is 14.9 Å². The van der Waals surface area contributed by atoms with E-state index in [1.165, 1.54) is 6.07 Å². The fraction of sp³-hybridized carbons (Fsp3) is 0.462. The molecule has 1 aromatic rings. The molecule has 0 spiro atoms. The van der Waals surface area contributed by atoms with Crippen molar-refractivity contribution in [1.29, 1.82) is 0 Å². The van der Waals surface area contributed by atoms with Crippen LogP contribution in [-0.4, -0.2) is 42.6 Å². The fourth-order valence-corrected chi connectivity index (χ4v) is 2.00.